The highest BCUT2D eigenvalue weighted by Gasteiger charge is 2.43. The first-order valence-corrected chi connectivity index (χ1v) is 8.18. The number of piperidine rings is 1. The molecular formula is C19H21N3O. The maximum absolute atomic E-state index is 13.1. The van der Waals surface area contributed by atoms with Crippen LogP contribution in [0.1, 0.15) is 33.8 Å². The van der Waals surface area contributed by atoms with Crippen LogP contribution in [0.25, 0.3) is 0 Å². The van der Waals surface area contributed by atoms with E-state index in [2.05, 4.69) is 42.1 Å². The van der Waals surface area contributed by atoms with Crippen molar-refractivity contribution in [2.24, 2.45) is 0 Å². The molecule has 1 aromatic carbocycles. The highest BCUT2D eigenvalue weighted by Crippen LogP contribution is 2.45. The fraction of sp³-hybridized carbons (Fsp3) is 0.368. The van der Waals surface area contributed by atoms with Crippen molar-refractivity contribution in [2.45, 2.75) is 25.3 Å². The second kappa shape index (κ2) is 5.46. The molecule has 4 rings (SSSR count). The van der Waals surface area contributed by atoms with E-state index in [-0.39, 0.29) is 11.9 Å². The van der Waals surface area contributed by atoms with Crippen LogP contribution in [0, 0.1) is 6.92 Å². The molecule has 0 N–H and O–H groups in total. The van der Waals surface area contributed by atoms with Crippen LogP contribution in [0.5, 0.6) is 0 Å². The first-order valence-electron chi connectivity index (χ1n) is 8.18. The van der Waals surface area contributed by atoms with E-state index >= 15 is 0 Å². The first kappa shape index (κ1) is 14.4. The van der Waals surface area contributed by atoms with Crippen molar-refractivity contribution in [1.82, 2.24) is 9.88 Å². The van der Waals surface area contributed by atoms with Gasteiger partial charge in [0.15, 0.2) is 0 Å². The summed E-state index contributed by atoms with van der Waals surface area (Å²) in [5.74, 6) is 0.504. The lowest BCUT2D eigenvalue weighted by atomic mass is 9.89. The van der Waals surface area contributed by atoms with Crippen LogP contribution in [-0.2, 0) is 0 Å². The number of aromatic nitrogens is 1. The van der Waals surface area contributed by atoms with E-state index in [1.165, 1.54) is 11.1 Å². The van der Waals surface area contributed by atoms with Crippen molar-refractivity contribution >= 4 is 11.6 Å². The van der Waals surface area contributed by atoms with Crippen LogP contribution < -0.4 is 4.90 Å². The summed E-state index contributed by atoms with van der Waals surface area (Å²) in [6.45, 7) is 4.17. The van der Waals surface area contributed by atoms with E-state index in [0.717, 1.165) is 25.2 Å². The predicted octanol–water partition coefficient (Wildman–Crippen LogP) is 2.84. The lowest BCUT2D eigenvalue weighted by Gasteiger charge is -2.36. The maximum Gasteiger partial charge on any atom is 0.258 e. The third-order valence-corrected chi connectivity index (χ3v) is 5.10. The number of rotatable bonds is 1. The number of hydrogen-bond donors (Lipinski definition) is 0. The number of amides is 1. The first-order chi connectivity index (χ1) is 11.1. The highest BCUT2D eigenvalue weighted by atomic mass is 16.2. The monoisotopic (exact) mass is 307 g/mol. The molecule has 1 saturated heterocycles. The zero-order chi connectivity index (χ0) is 16.0. The molecular weight excluding hydrogens is 286 g/mol. The van der Waals surface area contributed by atoms with Gasteiger partial charge in [-0.15, -0.1) is 0 Å². The van der Waals surface area contributed by atoms with Gasteiger partial charge in [0, 0.05) is 42.1 Å². The molecule has 0 unspecified atom stereocenters. The SMILES string of the molecule is Cc1ccc2c(c1)[C@@H]1CN(C)CC[C@@H]1N2C(=O)c1ccncc1. The summed E-state index contributed by atoms with van der Waals surface area (Å²) in [4.78, 5) is 21.5. The number of carbonyl (C=O) groups is 1. The molecule has 3 heterocycles. The molecule has 0 aliphatic carbocycles. The number of likely N-dealkylation sites (tertiary alicyclic amines) is 1. The van der Waals surface area contributed by atoms with Crippen LogP contribution in [-0.4, -0.2) is 42.0 Å². The Morgan fingerprint density at radius 1 is 1.22 bits per heavy atom. The number of fused-ring (bicyclic) bond motifs is 3. The molecule has 23 heavy (non-hydrogen) atoms. The Balaban J connectivity index is 1.79. The van der Waals surface area contributed by atoms with Gasteiger partial charge in [0.25, 0.3) is 5.91 Å². The minimum Gasteiger partial charge on any atom is -0.306 e. The van der Waals surface area contributed by atoms with Gasteiger partial charge in [-0.2, -0.15) is 0 Å². The Bertz CT molecular complexity index is 744. The van der Waals surface area contributed by atoms with Gasteiger partial charge in [-0.1, -0.05) is 17.7 Å². The van der Waals surface area contributed by atoms with Crippen LogP contribution in [0.15, 0.2) is 42.7 Å². The lowest BCUT2D eigenvalue weighted by molar-refractivity contribution is 0.0964. The second-order valence-electron chi connectivity index (χ2n) is 6.70. The summed E-state index contributed by atoms with van der Waals surface area (Å²) in [7, 11) is 2.17. The molecule has 1 fully saturated rings. The molecule has 4 nitrogen and oxygen atoms in total. The maximum atomic E-state index is 13.1. The van der Waals surface area contributed by atoms with Gasteiger partial charge in [-0.05, 0) is 50.7 Å². The van der Waals surface area contributed by atoms with E-state index in [1.54, 1.807) is 24.5 Å². The fourth-order valence-corrected chi connectivity index (χ4v) is 3.98. The van der Waals surface area contributed by atoms with Gasteiger partial charge in [-0.3, -0.25) is 9.78 Å². The van der Waals surface area contributed by atoms with E-state index in [0.29, 0.717) is 11.5 Å². The van der Waals surface area contributed by atoms with Crippen molar-refractivity contribution in [3.63, 3.8) is 0 Å². The number of anilines is 1. The number of nitrogens with zero attached hydrogens (tertiary/aromatic N) is 3. The van der Waals surface area contributed by atoms with Crippen LogP contribution >= 0.6 is 0 Å². The average Bonchev–Trinajstić information content (AvgIpc) is 2.88. The van der Waals surface area contributed by atoms with Crippen LogP contribution in [0.4, 0.5) is 5.69 Å². The number of hydrogen-bond acceptors (Lipinski definition) is 3. The Morgan fingerprint density at radius 2 is 2.00 bits per heavy atom. The summed E-state index contributed by atoms with van der Waals surface area (Å²) in [6.07, 6.45) is 4.39. The van der Waals surface area contributed by atoms with Gasteiger partial charge < -0.3 is 9.80 Å². The molecule has 0 saturated carbocycles. The van der Waals surface area contributed by atoms with E-state index in [1.807, 2.05) is 4.90 Å². The third-order valence-electron chi connectivity index (χ3n) is 5.10. The third kappa shape index (κ3) is 2.34. The van der Waals surface area contributed by atoms with Crippen molar-refractivity contribution in [1.29, 1.82) is 0 Å². The Hall–Kier alpha value is -2.20. The van der Waals surface area contributed by atoms with E-state index in [4.69, 9.17) is 0 Å². The largest absolute Gasteiger partial charge is 0.306 e. The normalized spacial score (nSPS) is 23.5. The summed E-state index contributed by atoms with van der Waals surface area (Å²) in [6, 6.07) is 10.3. The number of pyridine rings is 1. The number of likely N-dealkylation sites (N-methyl/N-ethyl adjacent to an activating group) is 1. The topological polar surface area (TPSA) is 36.4 Å². The smallest absolute Gasteiger partial charge is 0.258 e. The molecule has 2 aliphatic rings. The second-order valence-corrected chi connectivity index (χ2v) is 6.70. The molecule has 118 valence electrons. The highest BCUT2D eigenvalue weighted by molar-refractivity contribution is 6.08. The molecule has 2 atom stereocenters. The van der Waals surface area contributed by atoms with Crippen molar-refractivity contribution in [3.8, 4) is 0 Å². The van der Waals surface area contributed by atoms with E-state index < -0.39 is 0 Å². The molecule has 1 aromatic heterocycles. The minimum atomic E-state index is 0.0922. The quantitative estimate of drug-likeness (QED) is 0.813. The average molecular weight is 307 g/mol. The zero-order valence-corrected chi connectivity index (χ0v) is 13.6. The van der Waals surface area contributed by atoms with Gasteiger partial charge in [-0.25, -0.2) is 0 Å². The molecule has 2 aromatic rings. The van der Waals surface area contributed by atoms with Crippen molar-refractivity contribution < 1.29 is 4.79 Å². The van der Waals surface area contributed by atoms with Gasteiger partial charge in [0.1, 0.15) is 0 Å². The fourth-order valence-electron chi connectivity index (χ4n) is 3.98. The van der Waals surface area contributed by atoms with Crippen molar-refractivity contribution in [2.75, 3.05) is 25.0 Å². The zero-order valence-electron chi connectivity index (χ0n) is 13.6. The molecule has 0 radical (unpaired) electrons. The Kier molecular flexibility index (Phi) is 3.42. The standard InChI is InChI=1S/C19H21N3O/c1-13-3-4-17-15(11-13)16-12-21(2)10-7-18(16)22(17)19(23)14-5-8-20-9-6-14/h3-6,8-9,11,16,18H,7,10,12H2,1-2H3/t16-,18-/m0/s1. The van der Waals surface area contributed by atoms with Gasteiger partial charge in [0.05, 0.1) is 0 Å². The summed E-state index contributed by atoms with van der Waals surface area (Å²) >= 11 is 0. The summed E-state index contributed by atoms with van der Waals surface area (Å²) < 4.78 is 0. The molecule has 1 amide bonds. The van der Waals surface area contributed by atoms with Gasteiger partial charge >= 0.3 is 0 Å². The predicted molar refractivity (Wildman–Crippen MR) is 90.9 cm³/mol. The molecule has 2 aliphatic heterocycles. The van der Waals surface area contributed by atoms with Gasteiger partial charge in [0.2, 0.25) is 0 Å². The Morgan fingerprint density at radius 3 is 2.78 bits per heavy atom. The molecule has 4 heteroatoms. The van der Waals surface area contributed by atoms with Crippen LogP contribution in [0.2, 0.25) is 0 Å². The van der Waals surface area contributed by atoms with Crippen LogP contribution in [0.3, 0.4) is 0 Å². The number of carbonyl (C=O) groups excluding carboxylic acids is 1. The summed E-state index contributed by atoms with van der Waals surface area (Å²) in [5, 5.41) is 0. The molecule has 0 spiro atoms. The van der Waals surface area contributed by atoms with Crippen molar-refractivity contribution in [3.05, 3.63) is 59.4 Å². The number of aryl methyl sites for hydroxylation is 1. The van der Waals surface area contributed by atoms with E-state index in [9.17, 15) is 4.79 Å². The minimum absolute atomic E-state index is 0.0922. The molecule has 0 bridgehead atoms. The summed E-state index contributed by atoms with van der Waals surface area (Å²) in [5.41, 5.74) is 4.38. The Labute approximate surface area is 136 Å². The lowest BCUT2D eigenvalue weighted by Crippen LogP contribution is -2.47. The number of benzene rings is 1.